The molecule has 152 valence electrons. The number of ether oxygens (including phenoxy) is 1. The smallest absolute Gasteiger partial charge is 0.405 e. The number of nitrogens with zero attached hydrogens (tertiary/aromatic N) is 5. The molecule has 29 heavy (non-hydrogen) atoms. The Morgan fingerprint density at radius 3 is 3.10 bits per heavy atom. The third kappa shape index (κ3) is 3.97. The van der Waals surface area contributed by atoms with Crippen LogP contribution in [0, 0.1) is 5.82 Å². The molecule has 0 radical (unpaired) electrons. The second-order valence-corrected chi connectivity index (χ2v) is 6.97. The van der Waals surface area contributed by atoms with Crippen LogP contribution in [-0.4, -0.2) is 50.0 Å². The van der Waals surface area contributed by atoms with E-state index < -0.39 is 12.1 Å². The molecule has 1 saturated heterocycles. The van der Waals surface area contributed by atoms with Crippen LogP contribution in [0.15, 0.2) is 36.9 Å². The highest BCUT2D eigenvalue weighted by Crippen LogP contribution is 2.35. The van der Waals surface area contributed by atoms with E-state index in [0.29, 0.717) is 11.5 Å². The van der Waals surface area contributed by atoms with Crippen molar-refractivity contribution in [2.45, 2.75) is 31.8 Å². The lowest BCUT2D eigenvalue weighted by Gasteiger charge is -2.26. The molecule has 3 aromatic rings. The van der Waals surface area contributed by atoms with Crippen molar-refractivity contribution in [2.24, 2.45) is 0 Å². The number of nitrogens with one attached hydrogen (secondary N) is 1. The number of fused-ring (bicyclic) bond motifs is 1. The van der Waals surface area contributed by atoms with Gasteiger partial charge in [0.25, 0.3) is 0 Å². The number of halogens is 1. The lowest BCUT2D eigenvalue weighted by molar-refractivity contribution is 0.186. The predicted octanol–water partition coefficient (Wildman–Crippen LogP) is 2.07. The topological polar surface area (TPSA) is 105 Å². The summed E-state index contributed by atoms with van der Waals surface area (Å²) in [5.41, 5.74) is 1.18. The first kappa shape index (κ1) is 19.1. The minimum atomic E-state index is -0.696. The summed E-state index contributed by atoms with van der Waals surface area (Å²) >= 11 is 0. The van der Waals surface area contributed by atoms with E-state index >= 15 is 0 Å². The van der Waals surface area contributed by atoms with E-state index in [1.54, 1.807) is 19.3 Å². The Balaban J connectivity index is 1.60. The third-order valence-corrected chi connectivity index (χ3v) is 4.82. The Morgan fingerprint density at radius 2 is 2.31 bits per heavy atom. The summed E-state index contributed by atoms with van der Waals surface area (Å²) in [6.45, 7) is 2.23. The average molecular weight is 400 g/mol. The molecule has 0 aliphatic carbocycles. The quantitative estimate of drug-likeness (QED) is 0.675. The summed E-state index contributed by atoms with van der Waals surface area (Å²) in [4.78, 5) is 22.6. The van der Waals surface area contributed by atoms with Crippen LogP contribution in [-0.2, 0) is 0 Å². The van der Waals surface area contributed by atoms with Gasteiger partial charge in [-0.25, -0.2) is 18.7 Å². The van der Waals surface area contributed by atoms with Crippen LogP contribution in [0.4, 0.5) is 15.0 Å². The summed E-state index contributed by atoms with van der Waals surface area (Å²) in [5.74, 6) is 0.517. The molecule has 1 fully saturated rings. The summed E-state index contributed by atoms with van der Waals surface area (Å²) in [6.07, 6.45) is 7.11. The Morgan fingerprint density at radius 1 is 1.45 bits per heavy atom. The van der Waals surface area contributed by atoms with E-state index in [2.05, 4.69) is 25.3 Å². The van der Waals surface area contributed by atoms with Gasteiger partial charge in [0.15, 0.2) is 5.75 Å². The lowest BCUT2D eigenvalue weighted by atomic mass is 10.1. The first-order valence-corrected chi connectivity index (χ1v) is 9.36. The molecule has 3 aromatic heterocycles. The molecule has 1 aliphatic heterocycles. The zero-order valence-corrected chi connectivity index (χ0v) is 15.8. The molecule has 1 amide bonds. The van der Waals surface area contributed by atoms with Gasteiger partial charge in [0, 0.05) is 18.9 Å². The number of hydrogen-bond acceptors (Lipinski definition) is 7. The van der Waals surface area contributed by atoms with E-state index in [0.717, 1.165) is 24.9 Å². The highest BCUT2D eigenvalue weighted by Gasteiger charge is 2.28. The summed E-state index contributed by atoms with van der Waals surface area (Å²) in [7, 11) is 0. The number of amides is 1. The molecule has 0 unspecified atom stereocenters. The van der Waals surface area contributed by atoms with Crippen molar-refractivity contribution in [2.75, 3.05) is 18.1 Å². The van der Waals surface area contributed by atoms with Gasteiger partial charge >= 0.3 is 6.09 Å². The Labute approximate surface area is 166 Å². The SMILES string of the molecule is C[C@H](CO)NC(=O)Oc1cnn2ccc(N3CCC[C@@H]3c3cncc(F)c3)nc12. The number of carbonyl (C=O) groups excluding carboxylic acids is 1. The van der Waals surface area contributed by atoms with Gasteiger partial charge in [0.1, 0.15) is 11.6 Å². The van der Waals surface area contributed by atoms with Crippen LogP contribution in [0.1, 0.15) is 31.4 Å². The summed E-state index contributed by atoms with van der Waals surface area (Å²) in [6, 6.07) is 2.85. The molecule has 2 N–H and O–H groups in total. The molecule has 0 bridgehead atoms. The number of hydrogen-bond donors (Lipinski definition) is 2. The van der Waals surface area contributed by atoms with Gasteiger partial charge in [0.05, 0.1) is 31.1 Å². The maximum absolute atomic E-state index is 13.6. The molecule has 9 nitrogen and oxygen atoms in total. The normalized spacial score (nSPS) is 17.5. The Hall–Kier alpha value is -3.27. The van der Waals surface area contributed by atoms with Crippen LogP contribution in [0.3, 0.4) is 0 Å². The number of pyridine rings is 1. The number of carbonyl (C=O) groups is 1. The first-order valence-electron chi connectivity index (χ1n) is 9.36. The van der Waals surface area contributed by atoms with Crippen molar-refractivity contribution in [3.63, 3.8) is 0 Å². The van der Waals surface area contributed by atoms with Gasteiger partial charge in [-0.15, -0.1) is 0 Å². The predicted molar refractivity (Wildman–Crippen MR) is 102 cm³/mol. The van der Waals surface area contributed by atoms with Crippen LogP contribution in [0.2, 0.25) is 0 Å². The molecule has 0 aromatic carbocycles. The van der Waals surface area contributed by atoms with E-state index in [1.165, 1.54) is 23.0 Å². The number of aliphatic hydroxyl groups excluding tert-OH is 1. The van der Waals surface area contributed by atoms with Crippen molar-refractivity contribution < 1.29 is 19.0 Å². The van der Waals surface area contributed by atoms with E-state index in [-0.39, 0.29) is 24.2 Å². The molecule has 0 saturated carbocycles. The second kappa shape index (κ2) is 8.00. The van der Waals surface area contributed by atoms with Gasteiger partial charge < -0.3 is 20.1 Å². The minimum Gasteiger partial charge on any atom is -0.405 e. The van der Waals surface area contributed by atoms with E-state index in [4.69, 9.17) is 9.84 Å². The van der Waals surface area contributed by atoms with Crippen LogP contribution < -0.4 is 15.0 Å². The molecular formula is C19H21FN6O3. The largest absolute Gasteiger partial charge is 0.413 e. The average Bonchev–Trinajstić information content (AvgIpc) is 3.35. The zero-order chi connectivity index (χ0) is 20.4. The summed E-state index contributed by atoms with van der Waals surface area (Å²) in [5, 5.41) is 15.7. The maximum atomic E-state index is 13.6. The van der Waals surface area contributed by atoms with Crippen molar-refractivity contribution in [3.8, 4) is 5.75 Å². The highest BCUT2D eigenvalue weighted by atomic mass is 19.1. The van der Waals surface area contributed by atoms with Crippen molar-refractivity contribution in [3.05, 3.63) is 48.3 Å². The van der Waals surface area contributed by atoms with Crippen LogP contribution in [0.5, 0.6) is 5.75 Å². The van der Waals surface area contributed by atoms with Crippen LogP contribution in [0.25, 0.3) is 5.65 Å². The fourth-order valence-corrected chi connectivity index (χ4v) is 3.44. The Kier molecular flexibility index (Phi) is 5.26. The van der Waals surface area contributed by atoms with Gasteiger partial charge in [-0.2, -0.15) is 5.10 Å². The number of anilines is 1. The van der Waals surface area contributed by atoms with Gasteiger partial charge in [-0.1, -0.05) is 0 Å². The third-order valence-electron chi connectivity index (χ3n) is 4.82. The summed E-state index contributed by atoms with van der Waals surface area (Å²) < 4.78 is 20.4. The van der Waals surface area contributed by atoms with E-state index in [9.17, 15) is 9.18 Å². The molecule has 4 heterocycles. The van der Waals surface area contributed by atoms with Crippen molar-refractivity contribution in [1.29, 1.82) is 0 Å². The molecule has 2 atom stereocenters. The van der Waals surface area contributed by atoms with Gasteiger partial charge in [0.2, 0.25) is 5.65 Å². The van der Waals surface area contributed by atoms with Crippen LogP contribution >= 0.6 is 0 Å². The molecule has 4 rings (SSSR count). The molecule has 0 spiro atoms. The monoisotopic (exact) mass is 400 g/mol. The molecule has 1 aliphatic rings. The Bertz CT molecular complexity index is 1030. The highest BCUT2D eigenvalue weighted by molar-refractivity contribution is 5.73. The fraction of sp³-hybridized carbons (Fsp3) is 0.368. The zero-order valence-electron chi connectivity index (χ0n) is 15.8. The van der Waals surface area contributed by atoms with Gasteiger partial charge in [-0.05, 0) is 37.5 Å². The van der Waals surface area contributed by atoms with E-state index in [1.807, 2.05) is 6.07 Å². The minimum absolute atomic E-state index is 0.0332. The lowest BCUT2D eigenvalue weighted by Crippen LogP contribution is -2.37. The van der Waals surface area contributed by atoms with Crippen molar-refractivity contribution >= 4 is 17.6 Å². The molecular weight excluding hydrogens is 379 g/mol. The fourth-order valence-electron chi connectivity index (χ4n) is 3.44. The van der Waals surface area contributed by atoms with Crippen molar-refractivity contribution in [1.82, 2.24) is 24.9 Å². The number of rotatable bonds is 5. The molecule has 10 heteroatoms. The second-order valence-electron chi connectivity index (χ2n) is 6.97. The first-order chi connectivity index (χ1) is 14.0. The number of aromatic nitrogens is 4. The standard InChI is InChI=1S/C19H21FN6O3/c1-12(11-27)23-19(28)29-16-10-22-26-6-4-17(24-18(16)26)25-5-2-3-15(25)13-7-14(20)9-21-8-13/h4,6-10,12,15,27H,2-3,5,11H2,1H3,(H,23,28)/t12-,15-/m1/s1. The number of aliphatic hydroxyl groups is 1. The maximum Gasteiger partial charge on any atom is 0.413 e. The van der Waals surface area contributed by atoms with Gasteiger partial charge in [-0.3, -0.25) is 4.98 Å².